The van der Waals surface area contributed by atoms with Crippen molar-refractivity contribution in [1.82, 2.24) is 0 Å². The first kappa shape index (κ1) is 23.9. The molecular weight excluding hydrogens is 451 g/mol. The van der Waals surface area contributed by atoms with Crippen LogP contribution < -0.4 is 23.8 Å². The number of carbonyl (C=O) groups excluding carboxylic acids is 1. The average Bonchev–Trinajstić information content (AvgIpc) is 2.82. The van der Waals surface area contributed by atoms with Crippen molar-refractivity contribution in [2.24, 2.45) is 0 Å². The number of amides is 1. The molecule has 33 heavy (non-hydrogen) atoms. The van der Waals surface area contributed by atoms with Crippen molar-refractivity contribution in [3.05, 3.63) is 72.5 Å². The number of benzene rings is 3. The Balaban J connectivity index is 1.99. The molecule has 0 radical (unpaired) electrons. The minimum Gasteiger partial charge on any atom is -0.497 e. The number of hydrogen-bond donors (Lipinski definition) is 1. The van der Waals surface area contributed by atoms with E-state index in [0.717, 1.165) is 6.07 Å². The SMILES string of the molecule is COc1cccc(NC(=O)CN(c2ccccc2F)S(=O)(=O)c2ccc(OC)c(OC)c2)c1. The second-order valence-corrected chi connectivity index (χ2v) is 8.62. The standard InChI is InChI=1S/C23H23FN2O6S/c1-30-17-8-6-7-16(13-17)25-23(27)15-26(20-10-5-4-9-19(20)24)33(28,29)18-11-12-21(31-2)22(14-18)32-3/h4-14H,15H2,1-3H3,(H,25,27). The van der Waals surface area contributed by atoms with Crippen LogP contribution in [0, 0.1) is 5.82 Å². The maximum Gasteiger partial charge on any atom is 0.265 e. The quantitative estimate of drug-likeness (QED) is 0.509. The van der Waals surface area contributed by atoms with Crippen molar-refractivity contribution in [1.29, 1.82) is 0 Å². The molecule has 0 unspecified atom stereocenters. The number of para-hydroxylation sites is 1. The average molecular weight is 475 g/mol. The highest BCUT2D eigenvalue weighted by atomic mass is 32.2. The molecule has 0 saturated heterocycles. The van der Waals surface area contributed by atoms with Crippen molar-refractivity contribution < 1.29 is 31.8 Å². The van der Waals surface area contributed by atoms with E-state index in [0.29, 0.717) is 21.5 Å². The van der Waals surface area contributed by atoms with Gasteiger partial charge in [0, 0.05) is 17.8 Å². The minimum absolute atomic E-state index is 0.174. The van der Waals surface area contributed by atoms with E-state index >= 15 is 0 Å². The first-order valence-electron chi connectivity index (χ1n) is 9.73. The van der Waals surface area contributed by atoms with Crippen LogP contribution in [-0.4, -0.2) is 42.2 Å². The van der Waals surface area contributed by atoms with Crippen LogP contribution in [0.25, 0.3) is 0 Å². The number of rotatable bonds is 9. The largest absolute Gasteiger partial charge is 0.497 e. The lowest BCUT2D eigenvalue weighted by atomic mass is 10.3. The molecule has 0 aliphatic rings. The lowest BCUT2D eigenvalue weighted by Crippen LogP contribution is -2.38. The molecule has 0 heterocycles. The number of ether oxygens (including phenoxy) is 3. The number of nitrogens with one attached hydrogen (secondary N) is 1. The van der Waals surface area contributed by atoms with Crippen LogP contribution >= 0.6 is 0 Å². The topological polar surface area (TPSA) is 94.2 Å². The van der Waals surface area contributed by atoms with Gasteiger partial charge in [0.15, 0.2) is 11.5 Å². The van der Waals surface area contributed by atoms with E-state index in [-0.39, 0.29) is 16.3 Å². The molecule has 0 saturated carbocycles. The predicted molar refractivity (Wildman–Crippen MR) is 122 cm³/mol. The van der Waals surface area contributed by atoms with E-state index < -0.39 is 28.3 Å². The Labute approximate surface area is 191 Å². The normalized spacial score (nSPS) is 10.9. The molecule has 0 fully saturated rings. The number of methoxy groups -OCH3 is 3. The molecule has 8 nitrogen and oxygen atoms in total. The summed E-state index contributed by atoms with van der Waals surface area (Å²) in [7, 11) is -0.0966. The monoisotopic (exact) mass is 474 g/mol. The van der Waals surface area contributed by atoms with E-state index in [2.05, 4.69) is 5.32 Å². The number of carbonyl (C=O) groups is 1. The van der Waals surface area contributed by atoms with E-state index in [1.54, 1.807) is 24.3 Å². The maximum absolute atomic E-state index is 14.6. The molecule has 0 aromatic heterocycles. The zero-order chi connectivity index (χ0) is 24.0. The number of sulfonamides is 1. The summed E-state index contributed by atoms with van der Waals surface area (Å²) >= 11 is 0. The highest BCUT2D eigenvalue weighted by molar-refractivity contribution is 7.92. The summed E-state index contributed by atoms with van der Waals surface area (Å²) in [5.41, 5.74) is 0.129. The van der Waals surface area contributed by atoms with Gasteiger partial charge in [0.1, 0.15) is 18.1 Å². The van der Waals surface area contributed by atoms with Gasteiger partial charge in [-0.2, -0.15) is 0 Å². The Hall–Kier alpha value is -3.79. The smallest absolute Gasteiger partial charge is 0.265 e. The second kappa shape index (κ2) is 10.2. The first-order chi connectivity index (χ1) is 15.8. The van der Waals surface area contributed by atoms with Gasteiger partial charge in [0.25, 0.3) is 10.0 Å². The Morgan fingerprint density at radius 1 is 0.909 bits per heavy atom. The lowest BCUT2D eigenvalue weighted by Gasteiger charge is -2.25. The van der Waals surface area contributed by atoms with Crippen molar-refractivity contribution >= 4 is 27.3 Å². The zero-order valence-corrected chi connectivity index (χ0v) is 19.1. The molecule has 0 bridgehead atoms. The van der Waals surface area contributed by atoms with Gasteiger partial charge in [0.05, 0.1) is 31.9 Å². The summed E-state index contributed by atoms with van der Waals surface area (Å²) in [5.74, 6) is -0.458. The summed E-state index contributed by atoms with van der Waals surface area (Å²) in [5, 5.41) is 2.61. The van der Waals surface area contributed by atoms with E-state index in [4.69, 9.17) is 14.2 Å². The molecule has 0 spiro atoms. The molecule has 3 rings (SSSR count). The molecule has 1 amide bonds. The fourth-order valence-electron chi connectivity index (χ4n) is 3.09. The van der Waals surface area contributed by atoms with Crippen LogP contribution in [-0.2, 0) is 14.8 Å². The molecule has 3 aromatic carbocycles. The molecule has 0 atom stereocenters. The number of anilines is 2. The maximum atomic E-state index is 14.6. The van der Waals surface area contributed by atoms with E-state index in [1.807, 2.05) is 0 Å². The van der Waals surface area contributed by atoms with Gasteiger partial charge in [-0.25, -0.2) is 12.8 Å². The van der Waals surface area contributed by atoms with Gasteiger partial charge in [-0.3, -0.25) is 9.10 Å². The second-order valence-electron chi connectivity index (χ2n) is 6.76. The van der Waals surface area contributed by atoms with Gasteiger partial charge in [-0.15, -0.1) is 0 Å². The van der Waals surface area contributed by atoms with E-state index in [1.165, 1.54) is 57.7 Å². The van der Waals surface area contributed by atoms with Crippen molar-refractivity contribution in [3.63, 3.8) is 0 Å². The van der Waals surface area contributed by atoms with Gasteiger partial charge >= 0.3 is 0 Å². The minimum atomic E-state index is -4.36. The van der Waals surface area contributed by atoms with Gasteiger partial charge < -0.3 is 19.5 Å². The summed E-state index contributed by atoms with van der Waals surface area (Å²) in [6, 6.07) is 15.8. The molecule has 0 aliphatic carbocycles. The fraction of sp³-hybridized carbons (Fsp3) is 0.174. The van der Waals surface area contributed by atoms with Crippen LogP contribution in [0.2, 0.25) is 0 Å². The summed E-state index contributed by atoms with van der Waals surface area (Å²) < 4.78 is 57.8. The molecule has 3 aromatic rings. The summed E-state index contributed by atoms with van der Waals surface area (Å²) in [6.07, 6.45) is 0. The summed E-state index contributed by atoms with van der Waals surface area (Å²) in [4.78, 5) is 12.6. The van der Waals surface area contributed by atoms with E-state index in [9.17, 15) is 17.6 Å². The Morgan fingerprint density at radius 3 is 2.30 bits per heavy atom. The van der Waals surface area contributed by atoms with Crippen LogP contribution in [0.5, 0.6) is 17.2 Å². The Morgan fingerprint density at radius 2 is 1.64 bits per heavy atom. The highest BCUT2D eigenvalue weighted by Gasteiger charge is 2.30. The highest BCUT2D eigenvalue weighted by Crippen LogP contribution is 2.33. The van der Waals surface area contributed by atoms with Gasteiger partial charge in [-0.05, 0) is 36.4 Å². The fourth-order valence-corrected chi connectivity index (χ4v) is 4.53. The van der Waals surface area contributed by atoms with Crippen molar-refractivity contribution in [3.8, 4) is 17.2 Å². The van der Waals surface area contributed by atoms with Crippen LogP contribution in [0.1, 0.15) is 0 Å². The predicted octanol–water partition coefficient (Wildman–Crippen LogP) is 3.69. The Kier molecular flexibility index (Phi) is 7.39. The molecular formula is C23H23FN2O6S. The number of nitrogens with zero attached hydrogens (tertiary/aromatic N) is 1. The zero-order valence-electron chi connectivity index (χ0n) is 18.2. The molecule has 1 N–H and O–H groups in total. The number of halogens is 1. The molecule has 10 heteroatoms. The Bertz CT molecular complexity index is 1250. The lowest BCUT2D eigenvalue weighted by molar-refractivity contribution is -0.114. The van der Waals surface area contributed by atoms with Crippen LogP contribution in [0.3, 0.4) is 0 Å². The van der Waals surface area contributed by atoms with Crippen molar-refractivity contribution in [2.75, 3.05) is 37.5 Å². The van der Waals surface area contributed by atoms with Gasteiger partial charge in [0.2, 0.25) is 5.91 Å². The van der Waals surface area contributed by atoms with Crippen molar-refractivity contribution in [2.45, 2.75) is 4.90 Å². The van der Waals surface area contributed by atoms with Gasteiger partial charge in [-0.1, -0.05) is 18.2 Å². The molecule has 174 valence electrons. The number of hydrogen-bond acceptors (Lipinski definition) is 6. The summed E-state index contributed by atoms with van der Waals surface area (Å²) in [6.45, 7) is -0.672. The molecule has 0 aliphatic heterocycles. The van der Waals surface area contributed by atoms with Crippen LogP contribution in [0.4, 0.5) is 15.8 Å². The first-order valence-corrected chi connectivity index (χ1v) is 11.2. The third kappa shape index (κ3) is 5.35. The third-order valence-corrected chi connectivity index (χ3v) is 6.46. The van der Waals surface area contributed by atoms with Crippen LogP contribution in [0.15, 0.2) is 71.6 Å². The third-order valence-electron chi connectivity index (χ3n) is 4.70.